The highest BCUT2D eigenvalue weighted by molar-refractivity contribution is 6.36. The van der Waals surface area contributed by atoms with Crippen LogP contribution in [0.25, 0.3) is 0 Å². The third-order valence-electron chi connectivity index (χ3n) is 2.90. The van der Waals surface area contributed by atoms with Crippen molar-refractivity contribution in [2.75, 3.05) is 7.05 Å². The Morgan fingerprint density at radius 3 is 2.65 bits per heavy atom. The molecular weight excluding hydrogens is 267 g/mol. The van der Waals surface area contributed by atoms with E-state index in [0.29, 0.717) is 0 Å². The molecule has 106 valence electrons. The topological polar surface area (TPSA) is 79.2 Å². The van der Waals surface area contributed by atoms with Crippen LogP contribution in [0.2, 0.25) is 0 Å². The first-order valence-electron chi connectivity index (χ1n) is 5.93. The molecule has 0 radical (unpaired) electrons. The van der Waals surface area contributed by atoms with Gasteiger partial charge in [-0.1, -0.05) is 17.3 Å². The Bertz CT molecular complexity index is 556. The molecule has 1 amide bonds. The van der Waals surface area contributed by atoms with Crippen LogP contribution < -0.4 is 0 Å². The molecule has 1 N–H and O–H groups in total. The molecule has 0 bridgehead atoms. The Balaban J connectivity index is 1.93. The maximum Gasteiger partial charge on any atom is 0.353 e. The molecule has 0 fully saturated rings. The maximum atomic E-state index is 12.8. The first-order valence-corrected chi connectivity index (χ1v) is 5.93. The number of halogens is 1. The maximum absolute atomic E-state index is 12.8. The highest BCUT2D eigenvalue weighted by Gasteiger charge is 2.33. The second-order valence-electron chi connectivity index (χ2n) is 4.46. The number of carbonyl (C=O) groups is 2. The molecule has 0 aromatic heterocycles. The Kier molecular flexibility index (Phi) is 3.97. The summed E-state index contributed by atoms with van der Waals surface area (Å²) in [4.78, 5) is 28.9. The molecule has 1 aliphatic rings. The number of benzene rings is 1. The number of likely N-dealkylation sites (N-methyl/N-ethyl adjacent to an activating group) is 1. The molecule has 1 atom stereocenters. The summed E-state index contributed by atoms with van der Waals surface area (Å²) in [5.41, 5.74) is 0.596. The minimum Gasteiger partial charge on any atom is -0.477 e. The van der Waals surface area contributed by atoms with E-state index in [1.807, 2.05) is 0 Å². The Labute approximate surface area is 114 Å². The van der Waals surface area contributed by atoms with Gasteiger partial charge in [0.2, 0.25) is 6.10 Å². The summed E-state index contributed by atoms with van der Waals surface area (Å²) >= 11 is 0. The van der Waals surface area contributed by atoms with Gasteiger partial charge in [-0.2, -0.15) is 0 Å². The zero-order valence-corrected chi connectivity index (χ0v) is 10.7. The fraction of sp³-hybridized carbons (Fsp3) is 0.308. The van der Waals surface area contributed by atoms with Crippen LogP contribution in [0.15, 0.2) is 29.4 Å². The lowest BCUT2D eigenvalue weighted by Gasteiger charge is -2.19. The van der Waals surface area contributed by atoms with Crippen LogP contribution in [0.3, 0.4) is 0 Å². The van der Waals surface area contributed by atoms with Crippen molar-refractivity contribution in [3.63, 3.8) is 0 Å². The predicted octanol–water partition coefficient (Wildman–Crippen LogP) is 1.01. The van der Waals surface area contributed by atoms with Crippen molar-refractivity contribution >= 4 is 17.6 Å². The minimum atomic E-state index is -1.19. The summed E-state index contributed by atoms with van der Waals surface area (Å²) in [7, 11) is 1.56. The van der Waals surface area contributed by atoms with E-state index in [0.717, 1.165) is 5.56 Å². The standard InChI is InChI=1S/C13H13FN2O4/c1-16(7-8-2-4-9(14)5-3-8)12(17)11-6-10(13(18)19)15-20-11/h2-5,11H,6-7H2,1H3,(H,18,19). The summed E-state index contributed by atoms with van der Waals surface area (Å²) in [5, 5.41) is 12.1. The summed E-state index contributed by atoms with van der Waals surface area (Å²) in [6.07, 6.45) is -0.964. The molecule has 1 aliphatic heterocycles. The lowest BCUT2D eigenvalue weighted by atomic mass is 10.1. The largest absolute Gasteiger partial charge is 0.477 e. The first kappa shape index (κ1) is 14.0. The van der Waals surface area contributed by atoms with Gasteiger partial charge in [0.25, 0.3) is 5.91 Å². The van der Waals surface area contributed by atoms with Gasteiger partial charge < -0.3 is 14.8 Å². The number of oxime groups is 1. The number of carboxylic acid groups (broad SMARTS) is 1. The van der Waals surface area contributed by atoms with Crippen LogP contribution in [-0.4, -0.2) is 40.7 Å². The van der Waals surface area contributed by atoms with Gasteiger partial charge in [0.1, 0.15) is 5.82 Å². The number of nitrogens with zero attached hydrogens (tertiary/aromatic N) is 2. The molecule has 1 aromatic carbocycles. The van der Waals surface area contributed by atoms with Gasteiger partial charge in [0.15, 0.2) is 5.71 Å². The van der Waals surface area contributed by atoms with Gasteiger partial charge in [-0.15, -0.1) is 0 Å². The van der Waals surface area contributed by atoms with Gasteiger partial charge in [0, 0.05) is 20.0 Å². The second kappa shape index (κ2) is 5.68. The molecule has 2 rings (SSSR count). The van der Waals surface area contributed by atoms with E-state index < -0.39 is 12.1 Å². The van der Waals surface area contributed by atoms with Crippen molar-refractivity contribution in [3.05, 3.63) is 35.6 Å². The van der Waals surface area contributed by atoms with Crippen LogP contribution in [-0.2, 0) is 21.0 Å². The van der Waals surface area contributed by atoms with Gasteiger partial charge in [-0.3, -0.25) is 4.79 Å². The van der Waals surface area contributed by atoms with E-state index in [2.05, 4.69) is 5.16 Å². The quantitative estimate of drug-likeness (QED) is 0.892. The molecular formula is C13H13FN2O4. The van der Waals surface area contributed by atoms with Crippen LogP contribution in [0, 0.1) is 5.82 Å². The lowest BCUT2D eigenvalue weighted by molar-refractivity contribution is -0.141. The van der Waals surface area contributed by atoms with Crippen molar-refractivity contribution in [1.29, 1.82) is 0 Å². The molecule has 1 heterocycles. The SMILES string of the molecule is CN(Cc1ccc(F)cc1)C(=O)C1CC(C(=O)O)=NO1. The molecule has 0 aliphatic carbocycles. The third-order valence-corrected chi connectivity index (χ3v) is 2.90. The number of aliphatic carboxylic acids is 1. The molecule has 7 heteroatoms. The van der Waals surface area contributed by atoms with Gasteiger partial charge in [-0.05, 0) is 17.7 Å². The fourth-order valence-electron chi connectivity index (χ4n) is 1.82. The Morgan fingerprint density at radius 2 is 2.10 bits per heavy atom. The average molecular weight is 280 g/mol. The number of rotatable bonds is 4. The predicted molar refractivity (Wildman–Crippen MR) is 67.4 cm³/mol. The average Bonchev–Trinajstić information content (AvgIpc) is 2.90. The van der Waals surface area contributed by atoms with E-state index in [4.69, 9.17) is 9.94 Å². The highest BCUT2D eigenvalue weighted by Crippen LogP contribution is 2.15. The fourth-order valence-corrected chi connectivity index (χ4v) is 1.82. The highest BCUT2D eigenvalue weighted by atomic mass is 19.1. The van der Waals surface area contributed by atoms with Crippen LogP contribution >= 0.6 is 0 Å². The van der Waals surface area contributed by atoms with Crippen LogP contribution in [0.4, 0.5) is 4.39 Å². The summed E-state index contributed by atoms with van der Waals surface area (Å²) in [6.45, 7) is 0.279. The lowest BCUT2D eigenvalue weighted by Crippen LogP contribution is -2.36. The van der Waals surface area contributed by atoms with Crippen molar-refractivity contribution in [1.82, 2.24) is 4.90 Å². The Morgan fingerprint density at radius 1 is 1.45 bits per heavy atom. The van der Waals surface area contributed by atoms with Crippen LogP contribution in [0.5, 0.6) is 0 Å². The summed E-state index contributed by atoms with van der Waals surface area (Å²) < 4.78 is 12.8. The monoisotopic (exact) mass is 280 g/mol. The molecule has 0 saturated carbocycles. The number of carbonyl (C=O) groups excluding carboxylic acids is 1. The number of carboxylic acids is 1. The van der Waals surface area contributed by atoms with E-state index in [9.17, 15) is 14.0 Å². The zero-order valence-electron chi connectivity index (χ0n) is 10.7. The Hall–Kier alpha value is -2.44. The van der Waals surface area contributed by atoms with Crippen LogP contribution in [0.1, 0.15) is 12.0 Å². The molecule has 1 aromatic rings. The third kappa shape index (κ3) is 3.11. The zero-order chi connectivity index (χ0) is 14.7. The van der Waals surface area contributed by atoms with Gasteiger partial charge >= 0.3 is 5.97 Å². The van der Waals surface area contributed by atoms with E-state index >= 15 is 0 Å². The normalized spacial score (nSPS) is 17.3. The molecule has 1 unspecified atom stereocenters. The van der Waals surface area contributed by atoms with Crippen molar-refractivity contribution in [2.45, 2.75) is 19.1 Å². The molecule has 0 spiro atoms. The van der Waals surface area contributed by atoms with E-state index in [1.165, 1.54) is 17.0 Å². The second-order valence-corrected chi connectivity index (χ2v) is 4.46. The number of amides is 1. The number of hydrogen-bond donors (Lipinski definition) is 1. The van der Waals surface area contributed by atoms with E-state index in [-0.39, 0.29) is 30.4 Å². The molecule has 6 nitrogen and oxygen atoms in total. The van der Waals surface area contributed by atoms with Crippen molar-refractivity contribution in [2.24, 2.45) is 5.16 Å². The molecule has 20 heavy (non-hydrogen) atoms. The first-order chi connectivity index (χ1) is 9.47. The van der Waals surface area contributed by atoms with Crippen molar-refractivity contribution in [3.8, 4) is 0 Å². The summed E-state index contributed by atoms with van der Waals surface area (Å²) in [6, 6.07) is 5.78. The minimum absolute atomic E-state index is 0.0536. The van der Waals surface area contributed by atoms with Crippen molar-refractivity contribution < 1.29 is 23.9 Å². The molecule has 0 saturated heterocycles. The van der Waals surface area contributed by atoms with Gasteiger partial charge in [0.05, 0.1) is 0 Å². The van der Waals surface area contributed by atoms with Gasteiger partial charge in [-0.25, -0.2) is 9.18 Å². The smallest absolute Gasteiger partial charge is 0.353 e. The van der Waals surface area contributed by atoms with E-state index in [1.54, 1.807) is 19.2 Å². The number of hydrogen-bond acceptors (Lipinski definition) is 4. The summed E-state index contributed by atoms with van der Waals surface area (Å²) in [5.74, 6) is -1.91.